The fourth-order valence-electron chi connectivity index (χ4n) is 2.41. The molecule has 4 aromatic rings. The number of fused-ring (bicyclic) bond motifs is 1. The Hall–Kier alpha value is -2.30. The molecule has 0 saturated heterocycles. The van der Waals surface area contributed by atoms with E-state index < -0.39 is 0 Å². The van der Waals surface area contributed by atoms with Crippen LogP contribution in [0.4, 0.5) is 4.39 Å². The maximum atomic E-state index is 14.5. The number of benzene rings is 2. The van der Waals surface area contributed by atoms with Crippen LogP contribution in [0, 0.1) is 0 Å². The topological polar surface area (TPSA) is 12.9 Å². The van der Waals surface area contributed by atoms with E-state index in [0.29, 0.717) is 5.69 Å². The lowest BCUT2D eigenvalue weighted by Crippen LogP contribution is -1.80. The van der Waals surface area contributed by atoms with Gasteiger partial charge in [-0.1, -0.05) is 42.5 Å². The average molecular weight is 337 g/mol. The molecule has 2 heterocycles. The van der Waals surface area contributed by atoms with Crippen LogP contribution in [0.5, 0.6) is 0 Å². The van der Waals surface area contributed by atoms with Gasteiger partial charge in [-0.2, -0.15) is 0 Å². The van der Waals surface area contributed by atoms with Gasteiger partial charge < -0.3 is 0 Å². The van der Waals surface area contributed by atoms with E-state index in [1.165, 1.54) is 11.3 Å². The summed E-state index contributed by atoms with van der Waals surface area (Å²) in [5, 5.41) is 6.88. The maximum Gasteiger partial charge on any atom is 0.150 e. The van der Waals surface area contributed by atoms with Crippen molar-refractivity contribution in [2.24, 2.45) is 0 Å². The van der Waals surface area contributed by atoms with Gasteiger partial charge >= 0.3 is 0 Å². The quantitative estimate of drug-likeness (QED) is 0.416. The highest BCUT2D eigenvalue weighted by Gasteiger charge is 2.09. The highest BCUT2D eigenvalue weighted by Crippen LogP contribution is 2.31. The molecular weight excluding hydrogens is 325 g/mol. The summed E-state index contributed by atoms with van der Waals surface area (Å²) >= 11 is 3.08. The number of rotatable bonds is 3. The molecule has 4 heteroatoms. The molecule has 1 nitrogen and oxygen atoms in total. The molecule has 0 aliphatic rings. The van der Waals surface area contributed by atoms with Crippen LogP contribution in [0.1, 0.15) is 11.3 Å². The Balaban J connectivity index is 1.67. The third-order valence-corrected chi connectivity index (χ3v) is 5.43. The summed E-state index contributed by atoms with van der Waals surface area (Å²) in [6.45, 7) is 0. The molecule has 0 aliphatic heterocycles. The minimum absolute atomic E-state index is 0.306. The first-order valence-corrected chi connectivity index (χ1v) is 8.91. The van der Waals surface area contributed by atoms with E-state index in [0.717, 1.165) is 26.2 Å². The molecule has 0 aliphatic carbocycles. The number of halogens is 1. The normalized spacial score (nSPS) is 12.0. The number of hydrogen-bond acceptors (Lipinski definition) is 3. The van der Waals surface area contributed by atoms with Gasteiger partial charge in [-0.3, -0.25) is 0 Å². The number of nitrogens with zero attached hydrogens (tertiary/aromatic N) is 1. The third-order valence-electron chi connectivity index (χ3n) is 3.55. The molecule has 2 aromatic carbocycles. The maximum absolute atomic E-state index is 14.5. The fourth-order valence-corrected chi connectivity index (χ4v) is 4.03. The number of thiazole rings is 1. The average Bonchev–Trinajstić information content (AvgIpc) is 3.26. The van der Waals surface area contributed by atoms with Crippen LogP contribution in [0.3, 0.4) is 0 Å². The van der Waals surface area contributed by atoms with Gasteiger partial charge in [-0.15, -0.1) is 22.7 Å². The van der Waals surface area contributed by atoms with Crippen molar-refractivity contribution in [3.8, 4) is 9.88 Å². The van der Waals surface area contributed by atoms with Crippen molar-refractivity contribution in [3.05, 3.63) is 76.6 Å². The van der Waals surface area contributed by atoms with E-state index in [1.807, 2.05) is 60.0 Å². The van der Waals surface area contributed by atoms with E-state index in [4.69, 9.17) is 0 Å². The van der Waals surface area contributed by atoms with Crippen LogP contribution in [0.25, 0.3) is 32.6 Å². The Morgan fingerprint density at radius 3 is 2.65 bits per heavy atom. The Morgan fingerprint density at radius 2 is 1.83 bits per heavy atom. The first-order chi connectivity index (χ1) is 11.3. The van der Waals surface area contributed by atoms with E-state index in [1.54, 1.807) is 22.8 Å². The van der Waals surface area contributed by atoms with Gasteiger partial charge in [0, 0.05) is 5.38 Å². The Labute approximate surface area is 141 Å². The Bertz CT molecular complexity index is 983. The van der Waals surface area contributed by atoms with Crippen molar-refractivity contribution in [1.82, 2.24) is 4.98 Å². The van der Waals surface area contributed by atoms with E-state index in [9.17, 15) is 4.39 Å². The molecule has 0 saturated carbocycles. The standard InChI is InChI=1S/C19H12FNS2/c20-16(17-12-23-19(21-17)18-6-3-9-22-18)11-13-7-8-14-4-1-2-5-15(14)10-13/h1-12H/b16-11-. The summed E-state index contributed by atoms with van der Waals surface area (Å²) in [4.78, 5) is 5.47. The van der Waals surface area contributed by atoms with Gasteiger partial charge in [0.05, 0.1) is 4.88 Å². The van der Waals surface area contributed by atoms with Crippen LogP contribution in [-0.2, 0) is 0 Å². The minimum atomic E-state index is -0.306. The first-order valence-electron chi connectivity index (χ1n) is 7.15. The smallest absolute Gasteiger partial charge is 0.150 e. The van der Waals surface area contributed by atoms with Crippen molar-refractivity contribution in [3.63, 3.8) is 0 Å². The zero-order chi connectivity index (χ0) is 15.6. The predicted molar refractivity (Wildman–Crippen MR) is 98.4 cm³/mol. The fraction of sp³-hybridized carbons (Fsp3) is 0. The summed E-state index contributed by atoms with van der Waals surface area (Å²) in [7, 11) is 0. The molecule has 0 fully saturated rings. The molecule has 0 radical (unpaired) electrons. The van der Waals surface area contributed by atoms with Crippen LogP contribution >= 0.6 is 22.7 Å². The second kappa shape index (κ2) is 6.07. The lowest BCUT2D eigenvalue weighted by Gasteiger charge is -1.99. The molecule has 0 atom stereocenters. The predicted octanol–water partition coefficient (Wildman–Crippen LogP) is 6.49. The van der Waals surface area contributed by atoms with Gasteiger partial charge in [-0.25, -0.2) is 9.37 Å². The van der Waals surface area contributed by atoms with Gasteiger partial charge in [0.2, 0.25) is 0 Å². The van der Waals surface area contributed by atoms with Crippen LogP contribution in [0.2, 0.25) is 0 Å². The summed E-state index contributed by atoms with van der Waals surface area (Å²) in [6, 6.07) is 18.0. The van der Waals surface area contributed by atoms with Gasteiger partial charge in [0.25, 0.3) is 0 Å². The summed E-state index contributed by atoms with van der Waals surface area (Å²) in [5.74, 6) is -0.306. The molecule has 0 unspecified atom stereocenters. The van der Waals surface area contributed by atoms with E-state index in [2.05, 4.69) is 4.98 Å². The van der Waals surface area contributed by atoms with Crippen molar-refractivity contribution < 1.29 is 4.39 Å². The van der Waals surface area contributed by atoms with E-state index in [-0.39, 0.29) is 5.83 Å². The van der Waals surface area contributed by atoms with Crippen molar-refractivity contribution >= 4 is 45.3 Å². The zero-order valence-electron chi connectivity index (χ0n) is 12.1. The van der Waals surface area contributed by atoms with E-state index >= 15 is 0 Å². The number of aromatic nitrogens is 1. The lowest BCUT2D eigenvalue weighted by atomic mass is 10.1. The van der Waals surface area contributed by atoms with Crippen LogP contribution < -0.4 is 0 Å². The second-order valence-corrected chi connectivity index (χ2v) is 6.92. The van der Waals surface area contributed by atoms with Crippen molar-refractivity contribution in [2.75, 3.05) is 0 Å². The Morgan fingerprint density at radius 1 is 0.957 bits per heavy atom. The largest absolute Gasteiger partial charge is 0.233 e. The SMILES string of the molecule is F/C(=C\c1ccc2ccccc2c1)c1csc(-c2cccs2)n1. The lowest BCUT2D eigenvalue weighted by molar-refractivity contribution is 0.760. The van der Waals surface area contributed by atoms with Crippen molar-refractivity contribution in [2.45, 2.75) is 0 Å². The second-order valence-electron chi connectivity index (χ2n) is 5.11. The molecule has 112 valence electrons. The Kier molecular flexibility index (Phi) is 3.77. The highest BCUT2D eigenvalue weighted by atomic mass is 32.1. The minimum Gasteiger partial charge on any atom is -0.233 e. The molecule has 0 N–H and O–H groups in total. The van der Waals surface area contributed by atoms with Gasteiger partial charge in [0.15, 0.2) is 0 Å². The summed E-state index contributed by atoms with van der Waals surface area (Å²) in [6.07, 6.45) is 1.54. The summed E-state index contributed by atoms with van der Waals surface area (Å²) in [5.41, 5.74) is 1.23. The third kappa shape index (κ3) is 2.96. The van der Waals surface area contributed by atoms with Crippen LogP contribution in [-0.4, -0.2) is 4.98 Å². The molecule has 0 spiro atoms. The first kappa shape index (κ1) is 14.3. The number of thiophene rings is 1. The molecule has 0 bridgehead atoms. The number of hydrogen-bond donors (Lipinski definition) is 0. The summed E-state index contributed by atoms with van der Waals surface area (Å²) < 4.78 is 14.5. The van der Waals surface area contributed by atoms with Crippen molar-refractivity contribution in [1.29, 1.82) is 0 Å². The molecule has 0 amide bonds. The zero-order valence-corrected chi connectivity index (χ0v) is 13.7. The van der Waals surface area contributed by atoms with Crippen LogP contribution in [0.15, 0.2) is 65.4 Å². The molecule has 2 aromatic heterocycles. The molecular formula is C19H12FNS2. The van der Waals surface area contributed by atoms with Gasteiger partial charge in [0.1, 0.15) is 16.5 Å². The molecule has 4 rings (SSSR count). The van der Waals surface area contributed by atoms with Gasteiger partial charge in [-0.05, 0) is 39.9 Å². The monoisotopic (exact) mass is 337 g/mol. The molecule has 23 heavy (non-hydrogen) atoms. The highest BCUT2D eigenvalue weighted by molar-refractivity contribution is 7.20.